The minimum atomic E-state index is -0.533. The number of rotatable bonds is 3. The molecule has 0 spiro atoms. The number of amides is 2. The van der Waals surface area contributed by atoms with Crippen LogP contribution in [0.25, 0.3) is 0 Å². The van der Waals surface area contributed by atoms with Gasteiger partial charge in [-0.05, 0) is 19.1 Å². The van der Waals surface area contributed by atoms with E-state index in [1.165, 1.54) is 6.07 Å². The lowest BCUT2D eigenvalue weighted by molar-refractivity contribution is -0.122. The molecule has 26 heavy (non-hydrogen) atoms. The highest BCUT2D eigenvalue weighted by atomic mass is 16.7. The van der Waals surface area contributed by atoms with E-state index in [0.29, 0.717) is 23.0 Å². The molecule has 4 rings (SSSR count). The zero-order valence-electron chi connectivity index (χ0n) is 13.9. The van der Waals surface area contributed by atoms with Gasteiger partial charge in [-0.15, -0.1) is 0 Å². The quantitative estimate of drug-likeness (QED) is 0.841. The molecule has 3 heterocycles. The fourth-order valence-electron chi connectivity index (χ4n) is 3.06. The van der Waals surface area contributed by atoms with Crippen molar-refractivity contribution in [1.29, 1.82) is 0 Å². The Morgan fingerprint density at radius 3 is 2.88 bits per heavy atom. The average Bonchev–Trinajstić information content (AvgIpc) is 3.19. The van der Waals surface area contributed by atoms with Crippen molar-refractivity contribution < 1.29 is 19.1 Å². The number of nitrogens with one attached hydrogen (secondary N) is 2. The van der Waals surface area contributed by atoms with Gasteiger partial charge in [-0.25, -0.2) is 4.98 Å². The van der Waals surface area contributed by atoms with Crippen molar-refractivity contribution in [2.45, 2.75) is 13.3 Å². The number of H-pyrrole nitrogens is 1. The number of carbonyl (C=O) groups excluding carboxylic acids is 2. The predicted molar refractivity (Wildman–Crippen MR) is 91.2 cm³/mol. The Hall–Kier alpha value is -3.36. The normalized spacial score (nSPS) is 18.3. The highest BCUT2D eigenvalue weighted by molar-refractivity contribution is 6.03. The molecule has 0 aliphatic carbocycles. The minimum absolute atomic E-state index is 0.0858. The van der Waals surface area contributed by atoms with E-state index in [1.54, 1.807) is 30.0 Å². The number of aryl methyl sites for hydroxylation is 1. The van der Waals surface area contributed by atoms with E-state index >= 15 is 0 Å². The summed E-state index contributed by atoms with van der Waals surface area (Å²) in [4.78, 5) is 44.4. The molecule has 9 nitrogen and oxygen atoms in total. The summed E-state index contributed by atoms with van der Waals surface area (Å²) in [6.45, 7) is 2.02. The fourth-order valence-corrected chi connectivity index (χ4v) is 3.06. The van der Waals surface area contributed by atoms with Gasteiger partial charge in [0.2, 0.25) is 18.6 Å². The van der Waals surface area contributed by atoms with Crippen LogP contribution in [0.15, 0.2) is 29.1 Å². The maximum Gasteiger partial charge on any atom is 0.252 e. The molecule has 1 aromatic carbocycles. The molecule has 1 aromatic heterocycles. The Morgan fingerprint density at radius 2 is 2.08 bits per heavy atom. The topological polar surface area (TPSA) is 114 Å². The van der Waals surface area contributed by atoms with E-state index < -0.39 is 5.92 Å². The molecule has 0 radical (unpaired) electrons. The van der Waals surface area contributed by atoms with Gasteiger partial charge in [-0.2, -0.15) is 0 Å². The van der Waals surface area contributed by atoms with E-state index in [1.807, 2.05) is 0 Å². The van der Waals surface area contributed by atoms with Crippen molar-refractivity contribution in [1.82, 2.24) is 9.97 Å². The number of aromatic nitrogens is 2. The van der Waals surface area contributed by atoms with E-state index in [9.17, 15) is 14.4 Å². The summed E-state index contributed by atoms with van der Waals surface area (Å²) in [5.74, 6) is 0.742. The lowest BCUT2D eigenvalue weighted by atomic mass is 10.1. The summed E-state index contributed by atoms with van der Waals surface area (Å²) in [5, 5.41) is 2.61. The van der Waals surface area contributed by atoms with Crippen LogP contribution in [0.1, 0.15) is 12.2 Å². The van der Waals surface area contributed by atoms with Gasteiger partial charge >= 0.3 is 0 Å². The Morgan fingerprint density at radius 1 is 1.27 bits per heavy atom. The largest absolute Gasteiger partial charge is 0.454 e. The van der Waals surface area contributed by atoms with Crippen LogP contribution in [0.5, 0.6) is 11.5 Å². The zero-order chi connectivity index (χ0) is 18.3. The number of aromatic amines is 1. The van der Waals surface area contributed by atoms with Crippen LogP contribution in [-0.4, -0.2) is 35.1 Å². The van der Waals surface area contributed by atoms with Crippen molar-refractivity contribution in [3.05, 3.63) is 40.4 Å². The Bertz CT molecular complexity index is 954. The lowest BCUT2D eigenvalue weighted by Crippen LogP contribution is -2.28. The number of fused-ring (bicyclic) bond motifs is 1. The first-order valence-electron chi connectivity index (χ1n) is 8.08. The summed E-state index contributed by atoms with van der Waals surface area (Å²) in [5.41, 5.74) is 0.303. The Labute approximate surface area is 147 Å². The number of hydrogen-bond acceptors (Lipinski definition) is 6. The molecule has 2 aromatic rings. The monoisotopic (exact) mass is 356 g/mol. The number of hydrogen-bond donors (Lipinski definition) is 2. The highest BCUT2D eigenvalue weighted by Gasteiger charge is 2.36. The fraction of sp³-hybridized carbons (Fsp3) is 0.294. The van der Waals surface area contributed by atoms with Crippen molar-refractivity contribution >= 4 is 23.3 Å². The molecule has 1 unspecified atom stereocenters. The number of anilines is 2. The Kier molecular flexibility index (Phi) is 3.83. The van der Waals surface area contributed by atoms with Crippen LogP contribution in [0.2, 0.25) is 0 Å². The second kappa shape index (κ2) is 6.17. The maximum absolute atomic E-state index is 12.5. The summed E-state index contributed by atoms with van der Waals surface area (Å²) < 4.78 is 10.6. The van der Waals surface area contributed by atoms with Crippen molar-refractivity contribution in [3.8, 4) is 11.5 Å². The molecule has 2 N–H and O–H groups in total. The smallest absolute Gasteiger partial charge is 0.252 e. The van der Waals surface area contributed by atoms with Crippen molar-refractivity contribution in [2.75, 3.05) is 23.6 Å². The van der Waals surface area contributed by atoms with E-state index in [-0.39, 0.29) is 43.0 Å². The van der Waals surface area contributed by atoms with Crippen molar-refractivity contribution in [2.24, 2.45) is 5.92 Å². The molecular weight excluding hydrogens is 340 g/mol. The predicted octanol–water partition coefficient (Wildman–Crippen LogP) is 0.799. The average molecular weight is 356 g/mol. The van der Waals surface area contributed by atoms with Crippen LogP contribution in [0, 0.1) is 12.8 Å². The Balaban J connectivity index is 1.48. The zero-order valence-corrected chi connectivity index (χ0v) is 13.9. The van der Waals surface area contributed by atoms with Crippen LogP contribution >= 0.6 is 0 Å². The first-order valence-corrected chi connectivity index (χ1v) is 8.08. The number of carbonyl (C=O) groups is 2. The lowest BCUT2D eigenvalue weighted by Gasteiger charge is -2.17. The first kappa shape index (κ1) is 16.1. The van der Waals surface area contributed by atoms with Crippen LogP contribution < -0.4 is 25.2 Å². The SMILES string of the molecule is Cc1nc(NC(=O)C2CC(=O)N(c3ccc4c(c3)OCO4)C2)cc(=O)[nH]1. The van der Waals surface area contributed by atoms with Crippen LogP contribution in [0.3, 0.4) is 0 Å². The molecule has 2 amide bonds. The third-order valence-corrected chi connectivity index (χ3v) is 4.27. The first-order chi connectivity index (χ1) is 12.5. The number of ether oxygens (including phenoxy) is 2. The molecular formula is C17H16N4O5. The molecule has 9 heteroatoms. The summed E-state index contributed by atoms with van der Waals surface area (Å²) >= 11 is 0. The molecule has 2 aliphatic rings. The van der Waals surface area contributed by atoms with Gasteiger partial charge < -0.3 is 24.7 Å². The molecule has 1 atom stereocenters. The van der Waals surface area contributed by atoms with Gasteiger partial charge in [-0.3, -0.25) is 14.4 Å². The molecule has 1 fully saturated rings. The van der Waals surface area contributed by atoms with Crippen molar-refractivity contribution in [3.63, 3.8) is 0 Å². The van der Waals surface area contributed by atoms with E-state index in [2.05, 4.69) is 15.3 Å². The van der Waals surface area contributed by atoms with Crippen LogP contribution in [-0.2, 0) is 9.59 Å². The summed E-state index contributed by atoms with van der Waals surface area (Å²) in [6, 6.07) is 6.42. The summed E-state index contributed by atoms with van der Waals surface area (Å²) in [7, 11) is 0. The van der Waals surface area contributed by atoms with Gasteiger partial charge in [0.05, 0.1) is 5.92 Å². The van der Waals surface area contributed by atoms with Gasteiger partial charge in [0.1, 0.15) is 11.6 Å². The summed E-state index contributed by atoms with van der Waals surface area (Å²) in [6.07, 6.45) is 0.0858. The van der Waals surface area contributed by atoms with Gasteiger partial charge in [0.15, 0.2) is 11.5 Å². The van der Waals surface area contributed by atoms with E-state index in [4.69, 9.17) is 9.47 Å². The number of nitrogens with zero attached hydrogens (tertiary/aromatic N) is 2. The van der Waals surface area contributed by atoms with Gasteiger partial charge in [-0.1, -0.05) is 0 Å². The maximum atomic E-state index is 12.5. The minimum Gasteiger partial charge on any atom is -0.454 e. The highest BCUT2D eigenvalue weighted by Crippen LogP contribution is 2.37. The molecule has 0 saturated carbocycles. The van der Waals surface area contributed by atoms with Gasteiger partial charge in [0, 0.05) is 30.8 Å². The second-order valence-electron chi connectivity index (χ2n) is 6.15. The number of benzene rings is 1. The van der Waals surface area contributed by atoms with Crippen LogP contribution in [0.4, 0.5) is 11.5 Å². The molecule has 2 aliphatic heterocycles. The van der Waals surface area contributed by atoms with Gasteiger partial charge in [0.25, 0.3) is 5.56 Å². The molecule has 1 saturated heterocycles. The van der Waals surface area contributed by atoms with E-state index in [0.717, 1.165) is 0 Å². The second-order valence-corrected chi connectivity index (χ2v) is 6.15. The third-order valence-electron chi connectivity index (χ3n) is 4.27. The molecule has 0 bridgehead atoms. The third kappa shape index (κ3) is 2.99. The molecule has 134 valence electrons. The standard InChI is InChI=1S/C17H16N4O5/c1-9-18-14(6-15(22)19-9)20-17(24)10-4-16(23)21(7-10)11-2-3-12-13(5-11)26-8-25-12/h2-3,5-6,10H,4,7-8H2,1H3,(H2,18,19,20,22,24).